The van der Waals surface area contributed by atoms with Gasteiger partial charge < -0.3 is 9.90 Å². The quantitative estimate of drug-likeness (QED) is 0.549. The van der Waals surface area contributed by atoms with E-state index in [4.69, 9.17) is 9.90 Å². The molecule has 112 valence electrons. The Labute approximate surface area is 116 Å². The predicted octanol–water partition coefficient (Wildman–Crippen LogP) is -0.761. The Bertz CT molecular complexity index is 358. The van der Waals surface area contributed by atoms with Gasteiger partial charge in [-0.05, 0) is 6.92 Å². The van der Waals surface area contributed by atoms with E-state index in [-0.39, 0.29) is 0 Å². The molecular weight excluding hydrogens is 263 g/mol. The summed E-state index contributed by atoms with van der Waals surface area (Å²) in [6.07, 6.45) is 0. The minimum absolute atomic E-state index is 0.972. The van der Waals surface area contributed by atoms with E-state index >= 15 is 0 Å². The van der Waals surface area contributed by atoms with Crippen LogP contribution in [-0.4, -0.2) is 91.3 Å². The molecule has 3 saturated heterocycles. The zero-order valence-corrected chi connectivity index (χ0v) is 13.7. The van der Waals surface area contributed by atoms with E-state index in [1.54, 1.807) is 0 Å². The number of hydrogen-bond acceptors (Lipinski definition) is 5. The number of likely N-dealkylation sites (N-methyl/N-ethyl adjacent to an activating group) is 3. The molecule has 0 unspecified atom stereocenters. The molecule has 0 atom stereocenters. The van der Waals surface area contributed by atoms with Crippen LogP contribution in [0, 0.1) is 0 Å². The van der Waals surface area contributed by atoms with Crippen molar-refractivity contribution in [1.82, 2.24) is 14.0 Å². The zero-order chi connectivity index (χ0) is 14.5. The molecule has 0 amide bonds. The van der Waals surface area contributed by atoms with Crippen LogP contribution >= 0.6 is 7.21 Å². The van der Waals surface area contributed by atoms with E-state index < -0.39 is 13.2 Å². The Morgan fingerprint density at radius 2 is 1.26 bits per heavy atom. The van der Waals surface area contributed by atoms with Crippen molar-refractivity contribution in [3.8, 4) is 0 Å². The molecule has 0 aliphatic carbocycles. The Morgan fingerprint density at radius 1 is 1.00 bits per heavy atom. The maximum atomic E-state index is 8.89. The summed E-state index contributed by atoms with van der Waals surface area (Å²) in [4.78, 5) is 8.89. The van der Waals surface area contributed by atoms with Gasteiger partial charge >= 0.3 is 92.5 Å². The monoisotopic (exact) mass is 290 g/mol. The number of carbonyl (C=O) groups excluding carboxylic acids is 1. The van der Waals surface area contributed by atoms with Gasteiger partial charge in [0.2, 0.25) is 0 Å². The van der Waals surface area contributed by atoms with Gasteiger partial charge in [0.15, 0.2) is 0 Å². The van der Waals surface area contributed by atoms with Crippen LogP contribution in [0.1, 0.15) is 6.92 Å². The number of carboxylic acid groups (broad SMARTS) is 1. The van der Waals surface area contributed by atoms with Crippen molar-refractivity contribution in [1.29, 1.82) is 0 Å². The molecule has 3 fully saturated rings. The molecule has 3 aliphatic heterocycles. The van der Waals surface area contributed by atoms with Gasteiger partial charge in [0.25, 0.3) is 0 Å². The normalized spacial score (nSPS) is 38.7. The van der Waals surface area contributed by atoms with Crippen LogP contribution in [0.25, 0.3) is 0 Å². The Morgan fingerprint density at radius 3 is 1.47 bits per heavy atom. The molecule has 0 spiro atoms. The topological polar surface area (TPSA) is 49.9 Å². The van der Waals surface area contributed by atoms with Crippen molar-refractivity contribution < 1.29 is 14.2 Å². The van der Waals surface area contributed by atoms with E-state index in [9.17, 15) is 0 Å². The first kappa shape index (κ1) is 15.1. The molecule has 3 rings (SSSR count). The summed E-state index contributed by atoms with van der Waals surface area (Å²) < 4.78 is 9.50. The van der Waals surface area contributed by atoms with Crippen LogP contribution in [0.4, 0.5) is 0 Å². The maximum absolute atomic E-state index is 8.89. The standard InChI is InChI=1S/C10H24N4P.C2H4O2/c1-11-5-8-14-9-6-12(2)15(11,14,4)13(3)7-10-14;1-2(3)4/h5-10H2,1-4H3;1H3,(H,3,4)/q+1;/p-1. The third kappa shape index (κ3) is 1.52. The van der Waals surface area contributed by atoms with Crippen molar-refractivity contribution in [3.63, 3.8) is 0 Å². The van der Waals surface area contributed by atoms with Gasteiger partial charge in [-0.25, -0.2) is 0 Å². The predicted molar refractivity (Wildman–Crippen MR) is 76.3 cm³/mol. The fraction of sp³-hybridized carbons (Fsp3) is 0.917. The van der Waals surface area contributed by atoms with E-state index in [1.807, 2.05) is 0 Å². The molecule has 3 heterocycles. The third-order valence-corrected chi connectivity index (χ3v) is 13.9. The fourth-order valence-electron chi connectivity index (χ4n) is 4.49. The van der Waals surface area contributed by atoms with Gasteiger partial charge in [-0.3, -0.25) is 0 Å². The Hall–Kier alpha value is -0.260. The average Bonchev–Trinajstić information content (AvgIpc) is 2.79. The fourth-order valence-corrected chi connectivity index (χ4v) is 11.3. The first-order valence-corrected chi connectivity index (χ1v) is 9.39. The molecule has 6 nitrogen and oxygen atoms in total. The number of rotatable bonds is 0. The second-order valence-corrected chi connectivity index (χ2v) is 11.8. The molecule has 0 aromatic carbocycles. The van der Waals surface area contributed by atoms with E-state index in [0.717, 1.165) is 6.92 Å². The first-order valence-electron chi connectivity index (χ1n) is 6.89. The van der Waals surface area contributed by atoms with E-state index in [2.05, 4.69) is 41.8 Å². The summed E-state index contributed by atoms with van der Waals surface area (Å²) in [5.74, 6) is -1.08. The molecule has 19 heavy (non-hydrogen) atoms. The van der Waals surface area contributed by atoms with Crippen LogP contribution in [0.5, 0.6) is 0 Å². The minimum atomic E-state index is -1.95. The number of nitrogens with zero attached hydrogens (tertiary/aromatic N) is 4. The van der Waals surface area contributed by atoms with Gasteiger partial charge in [0, 0.05) is 5.97 Å². The first-order chi connectivity index (χ1) is 8.69. The van der Waals surface area contributed by atoms with Crippen LogP contribution < -0.4 is 5.11 Å². The summed E-state index contributed by atoms with van der Waals surface area (Å²) in [7, 11) is 5.10. The second-order valence-electron chi connectivity index (χ2n) is 6.24. The number of carboxylic acids is 1. The summed E-state index contributed by atoms with van der Waals surface area (Å²) >= 11 is 0. The van der Waals surface area contributed by atoms with Gasteiger partial charge in [0.1, 0.15) is 0 Å². The molecule has 0 saturated carbocycles. The van der Waals surface area contributed by atoms with Gasteiger partial charge in [0.05, 0.1) is 0 Å². The van der Waals surface area contributed by atoms with Crippen LogP contribution in [-0.2, 0) is 4.79 Å². The number of hydrogen-bond donors (Lipinski definition) is 0. The van der Waals surface area contributed by atoms with Crippen molar-refractivity contribution in [2.45, 2.75) is 6.92 Å². The van der Waals surface area contributed by atoms with Crippen molar-refractivity contribution >= 4 is 13.2 Å². The van der Waals surface area contributed by atoms with Crippen molar-refractivity contribution in [2.75, 3.05) is 67.1 Å². The van der Waals surface area contributed by atoms with Crippen LogP contribution in [0.15, 0.2) is 0 Å². The Kier molecular flexibility index (Phi) is 3.48. The molecular formula is C12H27N4O2P. The van der Waals surface area contributed by atoms with Crippen LogP contribution in [0.2, 0.25) is 0 Å². The van der Waals surface area contributed by atoms with E-state index in [1.165, 1.54) is 43.5 Å². The van der Waals surface area contributed by atoms with Crippen molar-refractivity contribution in [3.05, 3.63) is 0 Å². The summed E-state index contributed by atoms with van der Waals surface area (Å²) in [5, 5.41) is 8.89. The molecule has 7 heteroatoms. The molecule has 3 aliphatic rings. The zero-order valence-electron chi connectivity index (χ0n) is 12.8. The molecule has 0 aromatic heterocycles. The van der Waals surface area contributed by atoms with Crippen molar-refractivity contribution in [2.24, 2.45) is 0 Å². The molecule has 0 N–H and O–H groups in total. The van der Waals surface area contributed by atoms with Gasteiger partial charge in [-0.1, -0.05) is 0 Å². The second kappa shape index (κ2) is 4.37. The summed E-state index contributed by atoms with van der Waals surface area (Å²) in [5.41, 5.74) is 0. The SMILES string of the molecule is CC(=O)[O-].CN1CC[N+]23CCN(C)P12(C)N(C)CC3. The average molecular weight is 290 g/mol. The number of carbonyl (C=O) groups is 1. The summed E-state index contributed by atoms with van der Waals surface area (Å²) in [6, 6.07) is 0. The van der Waals surface area contributed by atoms with Gasteiger partial charge in [-0.2, -0.15) is 0 Å². The molecule has 0 radical (unpaired) electrons. The summed E-state index contributed by atoms with van der Waals surface area (Å²) in [6.45, 7) is 11.5. The van der Waals surface area contributed by atoms with E-state index in [0.29, 0.717) is 0 Å². The number of aliphatic carboxylic acids is 1. The number of quaternary nitrogens is 1. The van der Waals surface area contributed by atoms with Crippen LogP contribution in [0.3, 0.4) is 0 Å². The van der Waals surface area contributed by atoms with Gasteiger partial charge in [-0.15, -0.1) is 0 Å². The molecule has 0 bridgehead atoms. The molecule has 0 aromatic rings. The Balaban J connectivity index is 0.000000297. The third-order valence-electron chi connectivity index (χ3n) is 5.91.